The molecule has 0 atom stereocenters. The largest absolute Gasteiger partial charge is 0.457 e. The minimum atomic E-state index is -0.360. The number of hydrogen-bond donors (Lipinski definition) is 1. The Morgan fingerprint density at radius 3 is 2.35 bits per heavy atom. The van der Waals surface area contributed by atoms with Crippen LogP contribution in [0.1, 0.15) is 5.56 Å². The van der Waals surface area contributed by atoms with Crippen LogP contribution in [0.5, 0.6) is 11.5 Å². The van der Waals surface area contributed by atoms with Gasteiger partial charge in [0.25, 0.3) is 0 Å². The number of rotatable bonds is 3. The van der Waals surface area contributed by atoms with Crippen LogP contribution in [0.25, 0.3) is 0 Å². The maximum Gasteiger partial charge on any atom is 0.131 e. The van der Waals surface area contributed by atoms with Crippen molar-refractivity contribution in [3.63, 3.8) is 0 Å². The summed E-state index contributed by atoms with van der Waals surface area (Å²) in [7, 11) is 0. The first kappa shape index (κ1) is 12.1. The molecule has 17 heavy (non-hydrogen) atoms. The number of halogens is 2. The van der Waals surface area contributed by atoms with Crippen molar-refractivity contribution in [1.82, 2.24) is 0 Å². The molecule has 0 radical (unpaired) electrons. The number of benzene rings is 2. The van der Waals surface area contributed by atoms with Gasteiger partial charge in [0.2, 0.25) is 0 Å². The second-order valence-corrected chi connectivity index (χ2v) is 4.42. The third-order valence-electron chi connectivity index (χ3n) is 2.18. The van der Waals surface area contributed by atoms with E-state index in [1.54, 1.807) is 30.3 Å². The van der Waals surface area contributed by atoms with E-state index in [9.17, 15) is 4.39 Å². The minimum Gasteiger partial charge on any atom is -0.457 e. The maximum absolute atomic E-state index is 13.1. The Morgan fingerprint density at radius 1 is 1.06 bits per heavy atom. The molecule has 0 saturated carbocycles. The first-order valence-electron chi connectivity index (χ1n) is 5.01. The van der Waals surface area contributed by atoms with Crippen molar-refractivity contribution in [1.29, 1.82) is 0 Å². The molecule has 0 amide bonds. The molecule has 2 rings (SSSR count). The molecule has 0 aliphatic rings. The van der Waals surface area contributed by atoms with E-state index < -0.39 is 0 Å². The van der Waals surface area contributed by atoms with E-state index in [1.807, 2.05) is 0 Å². The standard InChI is InChI=1S/C13H10BrFO2/c14-10-5-11(15)7-13(6-10)17-12-3-1-9(8-16)2-4-12/h1-7,16H,8H2. The van der Waals surface area contributed by atoms with Gasteiger partial charge in [-0.2, -0.15) is 0 Å². The molecule has 0 bridgehead atoms. The molecule has 1 N–H and O–H groups in total. The molecule has 0 aliphatic carbocycles. The third-order valence-corrected chi connectivity index (χ3v) is 2.64. The van der Waals surface area contributed by atoms with E-state index in [1.165, 1.54) is 12.1 Å². The predicted octanol–water partition coefficient (Wildman–Crippen LogP) is 3.87. The number of aliphatic hydroxyl groups is 1. The van der Waals surface area contributed by atoms with Crippen molar-refractivity contribution in [2.75, 3.05) is 0 Å². The Balaban J connectivity index is 2.19. The fraction of sp³-hybridized carbons (Fsp3) is 0.0769. The lowest BCUT2D eigenvalue weighted by Gasteiger charge is -2.06. The lowest BCUT2D eigenvalue weighted by molar-refractivity contribution is 0.281. The van der Waals surface area contributed by atoms with Crippen LogP contribution in [0, 0.1) is 5.82 Å². The minimum absolute atomic E-state index is 0.00814. The van der Waals surface area contributed by atoms with Crippen molar-refractivity contribution < 1.29 is 14.2 Å². The Kier molecular flexibility index (Phi) is 3.76. The molecule has 0 fully saturated rings. The van der Waals surface area contributed by atoms with Crippen molar-refractivity contribution in [2.24, 2.45) is 0 Å². The molecule has 0 aliphatic heterocycles. The zero-order valence-corrected chi connectivity index (χ0v) is 10.4. The van der Waals surface area contributed by atoms with Gasteiger partial charge in [-0.15, -0.1) is 0 Å². The summed E-state index contributed by atoms with van der Waals surface area (Å²) >= 11 is 3.20. The van der Waals surface area contributed by atoms with Crippen LogP contribution >= 0.6 is 15.9 Å². The van der Waals surface area contributed by atoms with Gasteiger partial charge in [-0.1, -0.05) is 28.1 Å². The summed E-state index contributed by atoms with van der Waals surface area (Å²) in [5.74, 6) is 0.662. The first-order valence-corrected chi connectivity index (χ1v) is 5.80. The van der Waals surface area contributed by atoms with Crippen molar-refractivity contribution in [3.8, 4) is 11.5 Å². The lowest BCUT2D eigenvalue weighted by Crippen LogP contribution is -1.87. The summed E-state index contributed by atoms with van der Waals surface area (Å²) in [6, 6.07) is 11.3. The Labute approximate surface area is 107 Å². The van der Waals surface area contributed by atoms with E-state index >= 15 is 0 Å². The average Bonchev–Trinajstić information content (AvgIpc) is 2.28. The van der Waals surface area contributed by atoms with E-state index in [0.717, 1.165) is 5.56 Å². The Morgan fingerprint density at radius 2 is 1.76 bits per heavy atom. The molecule has 0 spiro atoms. The zero-order valence-electron chi connectivity index (χ0n) is 8.86. The van der Waals surface area contributed by atoms with Gasteiger partial charge in [0.05, 0.1) is 6.61 Å². The van der Waals surface area contributed by atoms with Gasteiger partial charge in [-0.05, 0) is 29.8 Å². The van der Waals surface area contributed by atoms with Crippen LogP contribution in [-0.4, -0.2) is 5.11 Å². The topological polar surface area (TPSA) is 29.5 Å². The van der Waals surface area contributed by atoms with Crippen LogP contribution in [0.4, 0.5) is 4.39 Å². The fourth-order valence-corrected chi connectivity index (χ4v) is 1.83. The second kappa shape index (κ2) is 5.29. The molecule has 0 unspecified atom stereocenters. The summed E-state index contributed by atoms with van der Waals surface area (Å²) in [5.41, 5.74) is 0.803. The number of aliphatic hydroxyl groups excluding tert-OH is 1. The Hall–Kier alpha value is -1.39. The fourth-order valence-electron chi connectivity index (χ4n) is 1.39. The van der Waals surface area contributed by atoms with Crippen LogP contribution in [-0.2, 0) is 6.61 Å². The summed E-state index contributed by atoms with van der Waals surface area (Å²) in [5, 5.41) is 8.89. The molecule has 0 heterocycles. The van der Waals surface area contributed by atoms with Gasteiger partial charge in [-0.25, -0.2) is 4.39 Å². The van der Waals surface area contributed by atoms with Crippen LogP contribution in [0.2, 0.25) is 0 Å². The quantitative estimate of drug-likeness (QED) is 0.931. The zero-order chi connectivity index (χ0) is 12.3. The number of ether oxygens (including phenoxy) is 1. The molecular formula is C13H10BrFO2. The van der Waals surface area contributed by atoms with E-state index in [4.69, 9.17) is 9.84 Å². The molecule has 88 valence electrons. The Bertz CT molecular complexity index is 491. The molecule has 2 nitrogen and oxygen atoms in total. The van der Waals surface area contributed by atoms with Gasteiger partial charge in [0.1, 0.15) is 17.3 Å². The molecule has 2 aromatic rings. The molecular weight excluding hydrogens is 287 g/mol. The van der Waals surface area contributed by atoms with Gasteiger partial charge >= 0.3 is 0 Å². The summed E-state index contributed by atoms with van der Waals surface area (Å²) in [6.07, 6.45) is 0. The highest BCUT2D eigenvalue weighted by atomic mass is 79.9. The smallest absolute Gasteiger partial charge is 0.131 e. The molecule has 4 heteroatoms. The number of hydrogen-bond acceptors (Lipinski definition) is 2. The summed E-state index contributed by atoms with van der Waals surface area (Å²) in [4.78, 5) is 0. The van der Waals surface area contributed by atoms with Gasteiger partial charge in [0, 0.05) is 10.5 Å². The summed E-state index contributed by atoms with van der Waals surface area (Å²) in [6.45, 7) is -0.00814. The monoisotopic (exact) mass is 296 g/mol. The van der Waals surface area contributed by atoms with Gasteiger partial charge in [-0.3, -0.25) is 0 Å². The highest BCUT2D eigenvalue weighted by Gasteiger charge is 2.01. The van der Waals surface area contributed by atoms with Crippen LogP contribution < -0.4 is 4.74 Å². The lowest BCUT2D eigenvalue weighted by atomic mass is 10.2. The van der Waals surface area contributed by atoms with Crippen molar-refractivity contribution in [3.05, 3.63) is 58.3 Å². The van der Waals surface area contributed by atoms with E-state index in [0.29, 0.717) is 16.0 Å². The molecule has 0 saturated heterocycles. The highest BCUT2D eigenvalue weighted by molar-refractivity contribution is 9.10. The maximum atomic E-state index is 13.1. The normalized spacial score (nSPS) is 10.3. The van der Waals surface area contributed by atoms with Gasteiger partial charge in [0.15, 0.2) is 0 Å². The summed E-state index contributed by atoms with van der Waals surface area (Å²) < 4.78 is 19.2. The molecule has 0 aromatic heterocycles. The van der Waals surface area contributed by atoms with Crippen LogP contribution in [0.15, 0.2) is 46.9 Å². The third kappa shape index (κ3) is 3.28. The molecule has 2 aromatic carbocycles. The van der Waals surface area contributed by atoms with Crippen LogP contribution in [0.3, 0.4) is 0 Å². The van der Waals surface area contributed by atoms with Gasteiger partial charge < -0.3 is 9.84 Å². The highest BCUT2D eigenvalue weighted by Crippen LogP contribution is 2.26. The first-order chi connectivity index (χ1) is 8.17. The second-order valence-electron chi connectivity index (χ2n) is 3.51. The predicted molar refractivity (Wildman–Crippen MR) is 66.5 cm³/mol. The van der Waals surface area contributed by atoms with Crippen molar-refractivity contribution >= 4 is 15.9 Å². The van der Waals surface area contributed by atoms with Crippen molar-refractivity contribution in [2.45, 2.75) is 6.61 Å². The van der Waals surface area contributed by atoms with E-state index in [-0.39, 0.29) is 12.4 Å². The SMILES string of the molecule is OCc1ccc(Oc2cc(F)cc(Br)c2)cc1. The average molecular weight is 297 g/mol. The van der Waals surface area contributed by atoms with E-state index in [2.05, 4.69) is 15.9 Å².